The first kappa shape index (κ1) is 12.4. The average Bonchev–Trinajstić information content (AvgIpc) is 2.40. The second-order valence-corrected chi connectivity index (χ2v) is 3.95. The maximum Gasteiger partial charge on any atom is 0.255 e. The topological polar surface area (TPSA) is 51.2 Å². The first-order valence-electron chi connectivity index (χ1n) is 5.25. The van der Waals surface area contributed by atoms with E-state index < -0.39 is 0 Å². The second-order valence-electron chi connectivity index (χ2n) is 3.54. The fourth-order valence-electron chi connectivity index (χ4n) is 1.45. The van der Waals surface area contributed by atoms with Crippen LogP contribution in [0.1, 0.15) is 10.4 Å². The van der Waals surface area contributed by atoms with Gasteiger partial charge in [-0.25, -0.2) is 0 Å². The summed E-state index contributed by atoms with van der Waals surface area (Å²) < 4.78 is 5.04. The van der Waals surface area contributed by atoms with E-state index in [2.05, 4.69) is 10.3 Å². The summed E-state index contributed by atoms with van der Waals surface area (Å²) in [5.41, 5.74) is 1.15. The standard InChI is InChI=1S/C13H11ClN2O2/c1-18-12-3-2-10(8-11(12)14)16-13(17)9-4-6-15-7-5-9/h2-8H,1H3,(H,16,17). The third kappa shape index (κ3) is 2.78. The lowest BCUT2D eigenvalue weighted by Gasteiger charge is -2.07. The van der Waals surface area contributed by atoms with E-state index in [0.717, 1.165) is 0 Å². The number of hydrogen-bond acceptors (Lipinski definition) is 3. The van der Waals surface area contributed by atoms with Crippen LogP contribution in [0.2, 0.25) is 5.02 Å². The van der Waals surface area contributed by atoms with Crippen LogP contribution in [0.3, 0.4) is 0 Å². The molecule has 2 aromatic rings. The number of amides is 1. The number of carbonyl (C=O) groups excluding carboxylic acids is 1. The predicted molar refractivity (Wildman–Crippen MR) is 70.2 cm³/mol. The van der Waals surface area contributed by atoms with Gasteiger partial charge in [-0.1, -0.05) is 11.6 Å². The van der Waals surface area contributed by atoms with Crippen molar-refractivity contribution in [3.05, 3.63) is 53.3 Å². The molecule has 4 nitrogen and oxygen atoms in total. The highest BCUT2D eigenvalue weighted by Gasteiger charge is 2.07. The highest BCUT2D eigenvalue weighted by Crippen LogP contribution is 2.27. The van der Waals surface area contributed by atoms with E-state index in [0.29, 0.717) is 22.0 Å². The van der Waals surface area contributed by atoms with Crippen LogP contribution in [0, 0.1) is 0 Å². The molecule has 0 atom stereocenters. The molecular weight excluding hydrogens is 252 g/mol. The predicted octanol–water partition coefficient (Wildman–Crippen LogP) is 3.00. The third-order valence-electron chi connectivity index (χ3n) is 2.35. The van der Waals surface area contributed by atoms with E-state index in [4.69, 9.17) is 16.3 Å². The number of rotatable bonds is 3. The van der Waals surface area contributed by atoms with Crippen molar-refractivity contribution in [3.63, 3.8) is 0 Å². The molecular formula is C13H11ClN2O2. The number of benzene rings is 1. The molecule has 0 fully saturated rings. The molecule has 0 bridgehead atoms. The van der Waals surface area contributed by atoms with Crippen molar-refractivity contribution in [1.82, 2.24) is 4.98 Å². The lowest BCUT2D eigenvalue weighted by molar-refractivity contribution is 0.102. The minimum Gasteiger partial charge on any atom is -0.495 e. The van der Waals surface area contributed by atoms with E-state index in [1.807, 2.05) is 0 Å². The summed E-state index contributed by atoms with van der Waals surface area (Å²) in [6.45, 7) is 0. The van der Waals surface area contributed by atoms with Gasteiger partial charge in [0.2, 0.25) is 0 Å². The Hall–Kier alpha value is -2.07. The zero-order valence-corrected chi connectivity index (χ0v) is 10.4. The zero-order valence-electron chi connectivity index (χ0n) is 9.68. The number of halogens is 1. The molecule has 0 aliphatic rings. The summed E-state index contributed by atoms with van der Waals surface area (Å²) in [5.74, 6) is 0.359. The Morgan fingerprint density at radius 1 is 1.28 bits per heavy atom. The second kappa shape index (κ2) is 5.51. The molecule has 0 saturated carbocycles. The molecule has 2 rings (SSSR count). The summed E-state index contributed by atoms with van der Waals surface area (Å²) >= 11 is 5.97. The summed E-state index contributed by atoms with van der Waals surface area (Å²) in [5, 5.41) is 3.19. The number of ether oxygens (including phenoxy) is 1. The number of hydrogen-bond donors (Lipinski definition) is 1. The van der Waals surface area contributed by atoms with Gasteiger partial charge in [-0.05, 0) is 30.3 Å². The number of nitrogens with zero attached hydrogens (tertiary/aromatic N) is 1. The number of aromatic nitrogens is 1. The van der Waals surface area contributed by atoms with Gasteiger partial charge in [0, 0.05) is 23.6 Å². The van der Waals surface area contributed by atoms with Crippen LogP contribution >= 0.6 is 11.6 Å². The molecule has 1 amide bonds. The molecule has 1 N–H and O–H groups in total. The lowest BCUT2D eigenvalue weighted by atomic mass is 10.2. The zero-order chi connectivity index (χ0) is 13.0. The Morgan fingerprint density at radius 2 is 2.00 bits per heavy atom. The maximum absolute atomic E-state index is 11.9. The molecule has 0 radical (unpaired) electrons. The molecule has 0 unspecified atom stereocenters. The monoisotopic (exact) mass is 262 g/mol. The van der Waals surface area contributed by atoms with E-state index in [-0.39, 0.29) is 5.91 Å². The van der Waals surface area contributed by atoms with Gasteiger partial charge < -0.3 is 10.1 Å². The van der Waals surface area contributed by atoms with E-state index in [1.165, 1.54) is 7.11 Å². The van der Waals surface area contributed by atoms with Gasteiger partial charge in [-0.3, -0.25) is 9.78 Å². The van der Waals surface area contributed by atoms with Crippen LogP contribution in [-0.2, 0) is 0 Å². The number of methoxy groups -OCH3 is 1. The van der Waals surface area contributed by atoms with Crippen LogP contribution in [0.4, 0.5) is 5.69 Å². The molecule has 0 saturated heterocycles. The number of nitrogens with one attached hydrogen (secondary N) is 1. The van der Waals surface area contributed by atoms with Crippen LogP contribution in [-0.4, -0.2) is 18.0 Å². The van der Waals surface area contributed by atoms with Gasteiger partial charge in [0.15, 0.2) is 0 Å². The van der Waals surface area contributed by atoms with Crippen molar-refractivity contribution in [2.24, 2.45) is 0 Å². The lowest BCUT2D eigenvalue weighted by Crippen LogP contribution is -2.11. The molecule has 92 valence electrons. The Balaban J connectivity index is 2.15. The first-order valence-corrected chi connectivity index (χ1v) is 5.63. The Morgan fingerprint density at radius 3 is 2.61 bits per heavy atom. The quantitative estimate of drug-likeness (QED) is 0.925. The first-order chi connectivity index (χ1) is 8.70. The van der Waals surface area contributed by atoms with Crippen molar-refractivity contribution >= 4 is 23.2 Å². The molecule has 0 aliphatic carbocycles. The highest BCUT2D eigenvalue weighted by molar-refractivity contribution is 6.32. The molecule has 0 spiro atoms. The van der Waals surface area contributed by atoms with Crippen molar-refractivity contribution in [2.75, 3.05) is 12.4 Å². The van der Waals surface area contributed by atoms with Gasteiger partial charge in [0.05, 0.1) is 12.1 Å². The molecule has 18 heavy (non-hydrogen) atoms. The van der Waals surface area contributed by atoms with E-state index in [1.54, 1.807) is 42.7 Å². The number of anilines is 1. The van der Waals surface area contributed by atoms with Crippen molar-refractivity contribution in [1.29, 1.82) is 0 Å². The van der Waals surface area contributed by atoms with Crippen LogP contribution in [0.25, 0.3) is 0 Å². The molecule has 1 aromatic carbocycles. The van der Waals surface area contributed by atoms with E-state index in [9.17, 15) is 4.79 Å². The van der Waals surface area contributed by atoms with Crippen LogP contribution < -0.4 is 10.1 Å². The van der Waals surface area contributed by atoms with Crippen molar-refractivity contribution in [3.8, 4) is 5.75 Å². The summed E-state index contributed by atoms with van der Waals surface area (Å²) in [7, 11) is 1.54. The van der Waals surface area contributed by atoms with Gasteiger partial charge >= 0.3 is 0 Å². The van der Waals surface area contributed by atoms with Gasteiger partial charge in [-0.15, -0.1) is 0 Å². The summed E-state index contributed by atoms with van der Waals surface area (Å²) in [6.07, 6.45) is 3.13. The van der Waals surface area contributed by atoms with Gasteiger partial charge in [0.1, 0.15) is 5.75 Å². The fourth-order valence-corrected chi connectivity index (χ4v) is 1.71. The SMILES string of the molecule is COc1ccc(NC(=O)c2ccncc2)cc1Cl. The Labute approximate surface area is 110 Å². The molecule has 5 heteroatoms. The van der Waals surface area contributed by atoms with Crippen LogP contribution in [0.5, 0.6) is 5.75 Å². The number of pyridine rings is 1. The number of carbonyl (C=O) groups is 1. The minimum atomic E-state index is -0.210. The van der Waals surface area contributed by atoms with Crippen molar-refractivity contribution in [2.45, 2.75) is 0 Å². The maximum atomic E-state index is 11.9. The van der Waals surface area contributed by atoms with E-state index >= 15 is 0 Å². The van der Waals surface area contributed by atoms with Crippen molar-refractivity contribution < 1.29 is 9.53 Å². The summed E-state index contributed by atoms with van der Waals surface area (Å²) in [4.78, 5) is 15.7. The normalized spacial score (nSPS) is 9.89. The molecule has 0 aliphatic heterocycles. The van der Waals surface area contributed by atoms with Gasteiger partial charge in [0.25, 0.3) is 5.91 Å². The molecule has 1 heterocycles. The third-order valence-corrected chi connectivity index (χ3v) is 2.65. The highest BCUT2D eigenvalue weighted by atomic mass is 35.5. The van der Waals surface area contributed by atoms with Crippen LogP contribution in [0.15, 0.2) is 42.7 Å². The smallest absolute Gasteiger partial charge is 0.255 e. The average molecular weight is 263 g/mol. The molecule has 1 aromatic heterocycles. The Kier molecular flexibility index (Phi) is 3.79. The largest absolute Gasteiger partial charge is 0.495 e. The minimum absolute atomic E-state index is 0.210. The summed E-state index contributed by atoms with van der Waals surface area (Å²) in [6, 6.07) is 8.34. The Bertz CT molecular complexity index is 558. The van der Waals surface area contributed by atoms with Gasteiger partial charge in [-0.2, -0.15) is 0 Å². The fraction of sp³-hybridized carbons (Fsp3) is 0.0769.